The predicted octanol–water partition coefficient (Wildman–Crippen LogP) is 0.266. The van der Waals surface area contributed by atoms with E-state index in [4.69, 9.17) is 5.11 Å². The smallest absolute Gasteiger partial charge is 0.323 e. The van der Waals surface area contributed by atoms with Crippen LogP contribution in [0.25, 0.3) is 0 Å². The highest BCUT2D eigenvalue weighted by Gasteiger charge is 2.16. The SMILES string of the molecule is O=C(O)CNC(=O)N1CCCCC1. The van der Waals surface area contributed by atoms with Crippen molar-refractivity contribution in [1.29, 1.82) is 0 Å². The van der Waals surface area contributed by atoms with Gasteiger partial charge in [-0.3, -0.25) is 4.79 Å². The molecule has 0 radical (unpaired) electrons. The van der Waals surface area contributed by atoms with Gasteiger partial charge >= 0.3 is 12.0 Å². The number of amides is 2. The molecule has 1 saturated heterocycles. The Bertz CT molecular complexity index is 200. The lowest BCUT2D eigenvalue weighted by molar-refractivity contribution is -0.135. The Kier molecular flexibility index (Phi) is 3.54. The van der Waals surface area contributed by atoms with E-state index in [2.05, 4.69) is 5.32 Å². The summed E-state index contributed by atoms with van der Waals surface area (Å²) >= 11 is 0. The molecule has 0 unspecified atom stereocenters. The highest BCUT2D eigenvalue weighted by molar-refractivity contribution is 5.79. The Morgan fingerprint density at radius 2 is 1.85 bits per heavy atom. The predicted molar refractivity (Wildman–Crippen MR) is 46.5 cm³/mol. The summed E-state index contributed by atoms with van der Waals surface area (Å²) in [6, 6.07) is -0.262. The number of nitrogens with one attached hydrogen (secondary N) is 1. The molecule has 1 aliphatic heterocycles. The van der Waals surface area contributed by atoms with Crippen LogP contribution < -0.4 is 5.32 Å². The highest BCUT2D eigenvalue weighted by Crippen LogP contribution is 2.07. The average Bonchev–Trinajstić information content (AvgIpc) is 2.15. The summed E-state index contributed by atoms with van der Waals surface area (Å²) in [6.07, 6.45) is 3.18. The molecule has 13 heavy (non-hydrogen) atoms. The van der Waals surface area contributed by atoms with Crippen molar-refractivity contribution in [2.45, 2.75) is 19.3 Å². The van der Waals surface area contributed by atoms with Crippen LogP contribution in [0.4, 0.5) is 4.79 Å². The van der Waals surface area contributed by atoms with Crippen LogP contribution in [-0.2, 0) is 4.79 Å². The van der Waals surface area contributed by atoms with Crippen LogP contribution >= 0.6 is 0 Å². The quantitative estimate of drug-likeness (QED) is 0.650. The third-order valence-corrected chi connectivity index (χ3v) is 2.03. The summed E-state index contributed by atoms with van der Waals surface area (Å²) in [5.74, 6) is -1.01. The normalized spacial score (nSPS) is 16.8. The molecule has 0 spiro atoms. The van der Waals surface area contributed by atoms with Crippen molar-refractivity contribution < 1.29 is 14.7 Å². The molecule has 0 bridgehead atoms. The molecule has 0 atom stereocenters. The molecule has 0 aromatic heterocycles. The summed E-state index contributed by atoms with van der Waals surface area (Å²) in [5, 5.41) is 10.7. The summed E-state index contributed by atoms with van der Waals surface area (Å²) in [4.78, 5) is 23.1. The molecular weight excluding hydrogens is 172 g/mol. The van der Waals surface area contributed by atoms with E-state index >= 15 is 0 Å². The zero-order chi connectivity index (χ0) is 9.68. The number of carbonyl (C=O) groups excluding carboxylic acids is 1. The second kappa shape index (κ2) is 4.69. The van der Waals surface area contributed by atoms with Crippen molar-refractivity contribution in [2.24, 2.45) is 0 Å². The number of likely N-dealkylation sites (tertiary alicyclic amines) is 1. The van der Waals surface area contributed by atoms with E-state index in [1.807, 2.05) is 0 Å². The molecule has 2 amide bonds. The van der Waals surface area contributed by atoms with Gasteiger partial charge in [0.2, 0.25) is 0 Å². The summed E-state index contributed by atoms with van der Waals surface area (Å²) in [6.45, 7) is 1.19. The van der Waals surface area contributed by atoms with Gasteiger partial charge in [-0.15, -0.1) is 0 Å². The van der Waals surface area contributed by atoms with Crippen LogP contribution in [0.1, 0.15) is 19.3 Å². The van der Waals surface area contributed by atoms with Gasteiger partial charge < -0.3 is 15.3 Å². The average molecular weight is 186 g/mol. The van der Waals surface area contributed by atoms with Gasteiger partial charge in [-0.1, -0.05) is 0 Å². The fourth-order valence-electron chi connectivity index (χ4n) is 1.36. The van der Waals surface area contributed by atoms with Crippen molar-refractivity contribution in [1.82, 2.24) is 10.2 Å². The topological polar surface area (TPSA) is 69.6 Å². The molecule has 0 saturated carbocycles. The summed E-state index contributed by atoms with van der Waals surface area (Å²) < 4.78 is 0. The van der Waals surface area contributed by atoms with Gasteiger partial charge in [-0.2, -0.15) is 0 Å². The molecule has 74 valence electrons. The van der Waals surface area contributed by atoms with Crippen LogP contribution in [0.2, 0.25) is 0 Å². The first-order chi connectivity index (χ1) is 6.20. The number of hydrogen-bond donors (Lipinski definition) is 2. The number of aliphatic carboxylic acids is 1. The van der Waals surface area contributed by atoms with E-state index in [0.717, 1.165) is 32.4 Å². The van der Waals surface area contributed by atoms with Crippen molar-refractivity contribution in [3.63, 3.8) is 0 Å². The highest BCUT2D eigenvalue weighted by atomic mass is 16.4. The van der Waals surface area contributed by atoms with Gasteiger partial charge in [-0.05, 0) is 19.3 Å². The van der Waals surface area contributed by atoms with Gasteiger partial charge in [0, 0.05) is 13.1 Å². The van der Waals surface area contributed by atoms with Crippen LogP contribution in [0.5, 0.6) is 0 Å². The number of carboxylic acid groups (broad SMARTS) is 1. The third-order valence-electron chi connectivity index (χ3n) is 2.03. The minimum atomic E-state index is -1.01. The Hall–Kier alpha value is -1.26. The maximum absolute atomic E-state index is 11.3. The minimum absolute atomic E-state index is 0.262. The number of carboxylic acids is 1. The Balaban J connectivity index is 2.25. The molecule has 1 fully saturated rings. The monoisotopic (exact) mass is 186 g/mol. The first kappa shape index (κ1) is 9.83. The van der Waals surface area contributed by atoms with E-state index in [1.54, 1.807) is 4.90 Å². The number of carbonyl (C=O) groups is 2. The first-order valence-corrected chi connectivity index (χ1v) is 4.45. The largest absolute Gasteiger partial charge is 0.480 e. The number of rotatable bonds is 2. The number of nitrogens with zero attached hydrogens (tertiary/aromatic N) is 1. The van der Waals surface area contributed by atoms with Crippen LogP contribution in [0.3, 0.4) is 0 Å². The molecule has 0 aliphatic carbocycles. The lowest BCUT2D eigenvalue weighted by atomic mass is 10.1. The fourth-order valence-corrected chi connectivity index (χ4v) is 1.36. The summed E-state index contributed by atoms with van der Waals surface area (Å²) in [5.41, 5.74) is 0. The minimum Gasteiger partial charge on any atom is -0.480 e. The Morgan fingerprint density at radius 3 is 2.38 bits per heavy atom. The van der Waals surface area contributed by atoms with Crippen molar-refractivity contribution >= 4 is 12.0 Å². The van der Waals surface area contributed by atoms with E-state index in [-0.39, 0.29) is 12.6 Å². The zero-order valence-electron chi connectivity index (χ0n) is 7.45. The lowest BCUT2D eigenvalue weighted by Crippen LogP contribution is -2.44. The van der Waals surface area contributed by atoms with Gasteiger partial charge in [0.1, 0.15) is 6.54 Å². The number of piperidine rings is 1. The Labute approximate surface area is 76.7 Å². The van der Waals surface area contributed by atoms with Gasteiger partial charge in [-0.25, -0.2) is 4.79 Å². The van der Waals surface area contributed by atoms with Crippen molar-refractivity contribution in [3.05, 3.63) is 0 Å². The van der Waals surface area contributed by atoms with Crippen LogP contribution in [0, 0.1) is 0 Å². The second-order valence-electron chi connectivity index (χ2n) is 3.10. The molecule has 0 aromatic rings. The maximum Gasteiger partial charge on any atom is 0.323 e. The van der Waals surface area contributed by atoms with Gasteiger partial charge in [0.15, 0.2) is 0 Å². The van der Waals surface area contributed by atoms with E-state index < -0.39 is 5.97 Å². The van der Waals surface area contributed by atoms with Crippen LogP contribution in [-0.4, -0.2) is 41.6 Å². The first-order valence-electron chi connectivity index (χ1n) is 4.45. The fraction of sp³-hybridized carbons (Fsp3) is 0.750. The number of hydrogen-bond acceptors (Lipinski definition) is 2. The maximum atomic E-state index is 11.3. The van der Waals surface area contributed by atoms with Gasteiger partial charge in [0.05, 0.1) is 0 Å². The molecule has 0 aromatic carbocycles. The third kappa shape index (κ3) is 3.31. The second-order valence-corrected chi connectivity index (χ2v) is 3.10. The van der Waals surface area contributed by atoms with Gasteiger partial charge in [0.25, 0.3) is 0 Å². The standard InChI is InChI=1S/C8H14N2O3/c11-7(12)6-9-8(13)10-4-2-1-3-5-10/h1-6H2,(H,9,13)(H,11,12). The van der Waals surface area contributed by atoms with E-state index in [9.17, 15) is 9.59 Å². The molecule has 1 aliphatic rings. The molecule has 5 heteroatoms. The zero-order valence-corrected chi connectivity index (χ0v) is 7.45. The molecule has 5 nitrogen and oxygen atoms in total. The van der Waals surface area contributed by atoms with Crippen LogP contribution in [0.15, 0.2) is 0 Å². The van der Waals surface area contributed by atoms with E-state index in [0.29, 0.717) is 0 Å². The Morgan fingerprint density at radius 1 is 1.23 bits per heavy atom. The summed E-state index contributed by atoms with van der Waals surface area (Å²) in [7, 11) is 0. The lowest BCUT2D eigenvalue weighted by Gasteiger charge is -2.26. The van der Waals surface area contributed by atoms with E-state index in [1.165, 1.54) is 0 Å². The molecule has 1 heterocycles. The molecular formula is C8H14N2O3. The van der Waals surface area contributed by atoms with Crippen molar-refractivity contribution in [3.8, 4) is 0 Å². The number of urea groups is 1. The molecule has 2 N–H and O–H groups in total. The van der Waals surface area contributed by atoms with Crippen molar-refractivity contribution in [2.75, 3.05) is 19.6 Å². The molecule has 1 rings (SSSR count).